The average molecular weight is 435 g/mol. The van der Waals surface area contributed by atoms with E-state index in [1.165, 1.54) is 0 Å². The molecule has 22 heavy (non-hydrogen) atoms. The van der Waals surface area contributed by atoms with E-state index in [-0.39, 0.29) is 53.0 Å². The fraction of sp³-hybridized carbons (Fsp3) is 0.0667. The number of carboxylic acid groups (broad SMARTS) is 1. The van der Waals surface area contributed by atoms with E-state index in [0.717, 1.165) is 4.47 Å². The summed E-state index contributed by atoms with van der Waals surface area (Å²) in [7, 11) is 0. The number of benzene rings is 2. The van der Waals surface area contributed by atoms with Gasteiger partial charge in [0.05, 0.1) is 0 Å². The number of ketones is 1. The van der Waals surface area contributed by atoms with Gasteiger partial charge in [0.1, 0.15) is 0 Å². The van der Waals surface area contributed by atoms with Crippen LogP contribution in [0.25, 0.3) is 0 Å². The van der Waals surface area contributed by atoms with Crippen molar-refractivity contribution in [1.29, 1.82) is 0 Å². The first kappa shape index (κ1) is 19.4. The molecule has 2 rings (SSSR count). The molecule has 0 unspecified atom stereocenters. The smallest absolute Gasteiger partial charge is 0.550 e. The van der Waals surface area contributed by atoms with Gasteiger partial charge in [0.15, 0.2) is 5.78 Å². The van der Waals surface area contributed by atoms with Gasteiger partial charge in [0.2, 0.25) is 0 Å². The second-order valence-corrected chi connectivity index (χ2v) is 6.24. The van der Waals surface area contributed by atoms with E-state index in [2.05, 4.69) is 31.9 Å². The summed E-state index contributed by atoms with van der Waals surface area (Å²) in [6, 6.07) is 10.0. The van der Waals surface area contributed by atoms with Gasteiger partial charge in [-0.2, -0.15) is 0 Å². The summed E-state index contributed by atoms with van der Waals surface area (Å²) in [6.07, 6.45) is -0.341. The third-order valence-corrected chi connectivity index (χ3v) is 3.90. The SMILES string of the molecule is Nc1c(CC(=O)[O-])cc(Br)cc1C(=O)c1ccc(Br)cc1.[Na+]. The Balaban J connectivity index is 0.00000242. The second-order valence-electron chi connectivity index (χ2n) is 4.41. The maximum atomic E-state index is 12.5. The Labute approximate surface area is 166 Å². The number of halogens is 2. The first-order chi connectivity index (χ1) is 9.88. The van der Waals surface area contributed by atoms with Crippen molar-refractivity contribution in [3.8, 4) is 0 Å². The van der Waals surface area contributed by atoms with Gasteiger partial charge in [-0.15, -0.1) is 0 Å². The number of rotatable bonds is 4. The summed E-state index contributed by atoms with van der Waals surface area (Å²) < 4.78 is 1.45. The molecule has 0 atom stereocenters. The van der Waals surface area contributed by atoms with Crippen molar-refractivity contribution in [2.45, 2.75) is 6.42 Å². The summed E-state index contributed by atoms with van der Waals surface area (Å²) in [5.41, 5.74) is 7.18. The van der Waals surface area contributed by atoms with E-state index < -0.39 is 5.97 Å². The molecule has 0 spiro atoms. The molecule has 2 N–H and O–H groups in total. The number of aliphatic carboxylic acids is 1. The molecule has 0 heterocycles. The first-order valence-corrected chi connectivity index (χ1v) is 7.55. The summed E-state index contributed by atoms with van der Waals surface area (Å²) in [4.78, 5) is 23.2. The predicted molar refractivity (Wildman–Crippen MR) is 84.8 cm³/mol. The Morgan fingerprint density at radius 1 is 1.05 bits per heavy atom. The van der Waals surface area contributed by atoms with Crippen LogP contribution in [0, 0.1) is 0 Å². The fourth-order valence-corrected chi connectivity index (χ4v) is 2.69. The van der Waals surface area contributed by atoms with E-state index in [4.69, 9.17) is 5.73 Å². The van der Waals surface area contributed by atoms with Crippen molar-refractivity contribution in [2.24, 2.45) is 0 Å². The number of nitrogens with two attached hydrogens (primary N) is 1. The Morgan fingerprint density at radius 2 is 1.64 bits per heavy atom. The molecule has 0 aliphatic rings. The second kappa shape index (κ2) is 8.26. The third-order valence-electron chi connectivity index (χ3n) is 2.92. The number of hydrogen-bond acceptors (Lipinski definition) is 4. The Morgan fingerprint density at radius 3 is 2.18 bits per heavy atom. The largest absolute Gasteiger partial charge is 1.00 e. The number of carboxylic acids is 1. The molecule has 0 bridgehead atoms. The average Bonchev–Trinajstić information content (AvgIpc) is 2.42. The van der Waals surface area contributed by atoms with Gasteiger partial charge < -0.3 is 15.6 Å². The van der Waals surface area contributed by atoms with Gasteiger partial charge >= 0.3 is 29.6 Å². The molecular formula is C15H10Br2NNaO3. The van der Waals surface area contributed by atoms with Crippen LogP contribution in [0.2, 0.25) is 0 Å². The normalized spacial score (nSPS) is 9.91. The quantitative estimate of drug-likeness (QED) is 0.392. The van der Waals surface area contributed by atoms with Crippen molar-refractivity contribution in [3.63, 3.8) is 0 Å². The molecule has 0 aromatic heterocycles. The molecule has 0 saturated carbocycles. The minimum absolute atomic E-state index is 0. The van der Waals surface area contributed by atoms with Crippen LogP contribution in [0.15, 0.2) is 45.3 Å². The first-order valence-electron chi connectivity index (χ1n) is 5.96. The van der Waals surface area contributed by atoms with Gasteiger partial charge in [0, 0.05) is 38.1 Å². The maximum absolute atomic E-state index is 12.5. The zero-order valence-corrected chi connectivity index (χ0v) is 16.9. The molecule has 0 radical (unpaired) electrons. The molecule has 0 amide bonds. The van der Waals surface area contributed by atoms with Crippen molar-refractivity contribution in [2.75, 3.05) is 5.73 Å². The maximum Gasteiger partial charge on any atom is 1.00 e. The topological polar surface area (TPSA) is 83.2 Å². The van der Waals surface area contributed by atoms with Crippen LogP contribution < -0.4 is 40.4 Å². The van der Waals surface area contributed by atoms with Crippen LogP contribution >= 0.6 is 31.9 Å². The van der Waals surface area contributed by atoms with Crippen molar-refractivity contribution < 1.29 is 44.3 Å². The Bertz CT molecular complexity index is 717. The minimum Gasteiger partial charge on any atom is -0.550 e. The van der Waals surface area contributed by atoms with E-state index >= 15 is 0 Å². The van der Waals surface area contributed by atoms with Crippen molar-refractivity contribution in [3.05, 3.63) is 62.0 Å². The summed E-state index contributed by atoms with van der Waals surface area (Å²) in [6.45, 7) is 0. The Kier molecular flexibility index (Phi) is 7.28. The van der Waals surface area contributed by atoms with Crippen LogP contribution in [0.3, 0.4) is 0 Å². The van der Waals surface area contributed by atoms with E-state index in [1.54, 1.807) is 36.4 Å². The van der Waals surface area contributed by atoms with Crippen LogP contribution in [0.1, 0.15) is 21.5 Å². The standard InChI is InChI=1S/C15H11Br2NO3.Na/c16-10-3-1-8(2-4-10)15(21)12-7-11(17)5-9(14(12)18)6-13(19)20;/h1-5,7H,6,18H2,(H,19,20);/q;+1/p-1. The van der Waals surface area contributed by atoms with E-state index in [0.29, 0.717) is 15.6 Å². The van der Waals surface area contributed by atoms with Crippen LogP contribution in [-0.2, 0) is 11.2 Å². The summed E-state index contributed by atoms with van der Waals surface area (Å²) >= 11 is 6.56. The third kappa shape index (κ3) is 4.67. The molecule has 108 valence electrons. The zero-order valence-electron chi connectivity index (χ0n) is 11.7. The summed E-state index contributed by atoms with van der Waals surface area (Å²) in [5, 5.41) is 10.7. The van der Waals surface area contributed by atoms with Gasteiger partial charge in [-0.3, -0.25) is 4.79 Å². The van der Waals surface area contributed by atoms with Gasteiger partial charge in [-0.05, 0) is 42.0 Å². The Hall–Kier alpha value is -0.660. The number of nitrogen functional groups attached to an aromatic ring is 1. The fourth-order valence-electron chi connectivity index (χ4n) is 1.92. The zero-order chi connectivity index (χ0) is 15.6. The van der Waals surface area contributed by atoms with Gasteiger partial charge in [-0.1, -0.05) is 31.9 Å². The van der Waals surface area contributed by atoms with E-state index in [9.17, 15) is 14.7 Å². The molecule has 2 aromatic carbocycles. The van der Waals surface area contributed by atoms with Crippen LogP contribution in [0.5, 0.6) is 0 Å². The van der Waals surface area contributed by atoms with Gasteiger partial charge in [0.25, 0.3) is 0 Å². The van der Waals surface area contributed by atoms with Crippen LogP contribution in [0.4, 0.5) is 5.69 Å². The molecule has 0 fully saturated rings. The molecule has 7 heteroatoms. The monoisotopic (exact) mass is 433 g/mol. The van der Waals surface area contributed by atoms with Gasteiger partial charge in [-0.25, -0.2) is 0 Å². The molecular weight excluding hydrogens is 425 g/mol. The molecule has 2 aromatic rings. The number of hydrogen-bond donors (Lipinski definition) is 1. The minimum atomic E-state index is -1.25. The van der Waals surface area contributed by atoms with E-state index in [1.807, 2.05) is 0 Å². The molecule has 4 nitrogen and oxygen atoms in total. The molecule has 0 aliphatic carbocycles. The number of carbonyl (C=O) groups is 2. The van der Waals surface area contributed by atoms with Crippen LogP contribution in [-0.4, -0.2) is 11.8 Å². The number of anilines is 1. The molecule has 0 aliphatic heterocycles. The summed E-state index contributed by atoms with van der Waals surface area (Å²) in [5.74, 6) is -1.51. The van der Waals surface area contributed by atoms with Crippen molar-refractivity contribution >= 4 is 49.3 Å². The van der Waals surface area contributed by atoms with Crippen molar-refractivity contribution in [1.82, 2.24) is 0 Å². The predicted octanol–water partition coefficient (Wildman–Crippen LogP) is -0.679. The molecule has 0 saturated heterocycles. The number of carbonyl (C=O) groups excluding carboxylic acids is 2.